The van der Waals surface area contributed by atoms with E-state index < -0.39 is 17.7 Å². The Morgan fingerprint density at radius 2 is 1.71 bits per heavy atom. The van der Waals surface area contributed by atoms with Gasteiger partial charge < -0.3 is 19.5 Å². The second kappa shape index (κ2) is 10.7. The summed E-state index contributed by atoms with van der Waals surface area (Å²) < 4.78 is 11.3. The highest BCUT2D eigenvalue weighted by Gasteiger charge is 2.46. The van der Waals surface area contributed by atoms with Crippen molar-refractivity contribution in [1.82, 2.24) is 4.90 Å². The van der Waals surface area contributed by atoms with E-state index in [9.17, 15) is 14.7 Å². The van der Waals surface area contributed by atoms with E-state index in [1.165, 1.54) is 4.90 Å². The van der Waals surface area contributed by atoms with Gasteiger partial charge in [0.2, 0.25) is 0 Å². The van der Waals surface area contributed by atoms with Crippen LogP contribution < -0.4 is 9.47 Å². The highest BCUT2D eigenvalue weighted by molar-refractivity contribution is 6.46. The van der Waals surface area contributed by atoms with Crippen molar-refractivity contribution in [2.24, 2.45) is 0 Å². The second-order valence-electron chi connectivity index (χ2n) is 10.5. The number of aliphatic hydroxyl groups excluding tert-OH is 1. The highest BCUT2D eigenvalue weighted by Crippen LogP contribution is 2.42. The van der Waals surface area contributed by atoms with Crippen LogP contribution in [0.2, 0.25) is 0 Å². The first kappa shape index (κ1) is 27.0. The first-order valence-electron chi connectivity index (χ1n) is 12.8. The first-order valence-corrected chi connectivity index (χ1v) is 12.8. The summed E-state index contributed by atoms with van der Waals surface area (Å²) in [4.78, 5) is 28.5. The van der Waals surface area contributed by atoms with Crippen LogP contribution in [0.4, 0.5) is 0 Å². The van der Waals surface area contributed by atoms with Crippen molar-refractivity contribution in [2.75, 3.05) is 13.7 Å². The molecule has 1 N–H and O–H groups in total. The van der Waals surface area contributed by atoms with Crippen molar-refractivity contribution in [1.29, 1.82) is 0 Å². The van der Waals surface area contributed by atoms with Gasteiger partial charge in [0.1, 0.15) is 17.3 Å². The van der Waals surface area contributed by atoms with Crippen LogP contribution in [0.25, 0.3) is 5.76 Å². The second-order valence-corrected chi connectivity index (χ2v) is 10.5. The molecule has 1 fully saturated rings. The molecule has 3 aromatic rings. The van der Waals surface area contributed by atoms with Gasteiger partial charge in [-0.25, -0.2) is 0 Å². The molecule has 0 spiro atoms. The van der Waals surface area contributed by atoms with Gasteiger partial charge in [0, 0.05) is 16.7 Å². The Labute approximate surface area is 224 Å². The number of benzene rings is 3. The zero-order valence-electron chi connectivity index (χ0n) is 22.9. The quantitative estimate of drug-likeness (QED) is 0.227. The number of carbonyl (C=O) groups is 2. The predicted octanol–water partition coefficient (Wildman–Crippen LogP) is 6.32. The topological polar surface area (TPSA) is 76.1 Å². The van der Waals surface area contributed by atoms with Gasteiger partial charge in [-0.1, -0.05) is 68.8 Å². The lowest BCUT2D eigenvalue weighted by Crippen LogP contribution is -2.29. The molecule has 0 saturated carbocycles. The lowest BCUT2D eigenvalue weighted by atomic mass is 9.84. The highest BCUT2D eigenvalue weighted by atomic mass is 16.5. The average molecular weight is 514 g/mol. The fourth-order valence-corrected chi connectivity index (χ4v) is 4.95. The Bertz CT molecular complexity index is 1400. The molecule has 6 heteroatoms. The van der Waals surface area contributed by atoms with E-state index in [-0.39, 0.29) is 23.3 Å². The molecule has 3 aromatic carbocycles. The summed E-state index contributed by atoms with van der Waals surface area (Å²) in [7, 11) is 1.57. The largest absolute Gasteiger partial charge is 0.507 e. The number of likely N-dealkylation sites (tertiary alicyclic amines) is 1. The summed E-state index contributed by atoms with van der Waals surface area (Å²) in [6, 6.07) is 19.7. The zero-order chi connectivity index (χ0) is 27.6. The van der Waals surface area contributed by atoms with Crippen molar-refractivity contribution >= 4 is 17.4 Å². The van der Waals surface area contributed by atoms with Gasteiger partial charge in [0.05, 0.1) is 31.9 Å². The zero-order valence-corrected chi connectivity index (χ0v) is 22.9. The fourth-order valence-electron chi connectivity index (χ4n) is 4.95. The number of methoxy groups -OCH3 is 1. The third-order valence-corrected chi connectivity index (χ3v) is 6.79. The maximum Gasteiger partial charge on any atom is 0.295 e. The van der Waals surface area contributed by atoms with Crippen LogP contribution in [0.1, 0.15) is 61.6 Å². The molecule has 1 atom stereocenters. The summed E-state index contributed by atoms with van der Waals surface area (Å²) in [5, 5.41) is 11.6. The number of rotatable bonds is 7. The summed E-state index contributed by atoms with van der Waals surface area (Å²) in [6.07, 6.45) is 0. The predicted molar refractivity (Wildman–Crippen MR) is 148 cm³/mol. The molecule has 0 bridgehead atoms. The number of ether oxygens (including phenoxy) is 2. The number of aryl methyl sites for hydroxylation is 1. The number of para-hydroxylation sites is 1. The summed E-state index contributed by atoms with van der Waals surface area (Å²) >= 11 is 0. The maximum absolute atomic E-state index is 13.5. The van der Waals surface area contributed by atoms with E-state index in [0.717, 1.165) is 28.0 Å². The number of aliphatic hydroxyl groups is 1. The maximum atomic E-state index is 13.5. The standard InChI is InChI=1S/C32H35NO5/c1-7-38-26-16-15-22(18-24(26)32(3,4)5)29(34)27-28(21-13-10-11-20(2)17-21)33(31(36)30(27)35)19-23-12-8-9-14-25(23)37-6/h8-18,28,34H,7,19H2,1-6H3/b29-27-. The molecule has 1 amide bonds. The number of amides is 1. The number of carbonyl (C=O) groups excluding carboxylic acids is 2. The lowest BCUT2D eigenvalue weighted by Gasteiger charge is -2.27. The minimum absolute atomic E-state index is 0.0690. The van der Waals surface area contributed by atoms with E-state index in [1.807, 2.05) is 74.5 Å². The van der Waals surface area contributed by atoms with Crippen LogP contribution in [0.5, 0.6) is 11.5 Å². The number of hydrogen-bond acceptors (Lipinski definition) is 5. The van der Waals surface area contributed by atoms with E-state index in [2.05, 4.69) is 20.8 Å². The smallest absolute Gasteiger partial charge is 0.295 e. The molecule has 4 rings (SSSR count). The Balaban J connectivity index is 1.90. The van der Waals surface area contributed by atoms with E-state index in [1.54, 1.807) is 13.2 Å². The normalized spacial score (nSPS) is 17.1. The van der Waals surface area contributed by atoms with E-state index >= 15 is 0 Å². The summed E-state index contributed by atoms with van der Waals surface area (Å²) in [6.45, 7) is 10.7. The molecule has 38 heavy (non-hydrogen) atoms. The SMILES string of the molecule is CCOc1ccc(/C(O)=C2/C(=O)C(=O)N(Cc3ccccc3OC)C2c2cccc(C)c2)cc1C(C)(C)C. The van der Waals surface area contributed by atoms with Crippen LogP contribution in [-0.4, -0.2) is 35.4 Å². The molecular formula is C32H35NO5. The molecule has 0 aromatic heterocycles. The third kappa shape index (κ3) is 5.17. The van der Waals surface area contributed by atoms with Gasteiger partial charge in [-0.15, -0.1) is 0 Å². The van der Waals surface area contributed by atoms with Crippen molar-refractivity contribution < 1.29 is 24.2 Å². The molecule has 1 saturated heterocycles. The van der Waals surface area contributed by atoms with Crippen LogP contribution in [-0.2, 0) is 21.5 Å². The first-order chi connectivity index (χ1) is 18.1. The number of hydrogen-bond donors (Lipinski definition) is 1. The Morgan fingerprint density at radius 3 is 2.37 bits per heavy atom. The van der Waals surface area contributed by atoms with Crippen LogP contribution in [0.15, 0.2) is 72.3 Å². The molecular weight excluding hydrogens is 478 g/mol. The Morgan fingerprint density at radius 1 is 0.974 bits per heavy atom. The molecule has 198 valence electrons. The van der Waals surface area contributed by atoms with Crippen molar-refractivity contribution in [3.05, 3.63) is 100 Å². The minimum atomic E-state index is -0.760. The van der Waals surface area contributed by atoms with Crippen LogP contribution in [0, 0.1) is 6.92 Å². The van der Waals surface area contributed by atoms with Gasteiger partial charge in [0.15, 0.2) is 0 Å². The fraction of sp³-hybridized carbons (Fsp3) is 0.312. The van der Waals surface area contributed by atoms with Crippen molar-refractivity contribution in [3.63, 3.8) is 0 Å². The molecule has 1 unspecified atom stereocenters. The third-order valence-electron chi connectivity index (χ3n) is 6.79. The minimum Gasteiger partial charge on any atom is -0.507 e. The molecule has 1 aliphatic rings. The monoisotopic (exact) mass is 513 g/mol. The van der Waals surface area contributed by atoms with Gasteiger partial charge in [-0.05, 0) is 49.1 Å². The van der Waals surface area contributed by atoms with E-state index in [4.69, 9.17) is 9.47 Å². The number of nitrogens with zero attached hydrogens (tertiary/aromatic N) is 1. The number of ketones is 1. The van der Waals surface area contributed by atoms with E-state index in [0.29, 0.717) is 17.9 Å². The summed E-state index contributed by atoms with van der Waals surface area (Å²) in [5.74, 6) is -0.228. The Kier molecular flexibility index (Phi) is 7.63. The number of Topliss-reactive ketones (excluding diaryl/α,β-unsaturated/α-hetero) is 1. The van der Waals surface area contributed by atoms with Gasteiger partial charge in [-0.3, -0.25) is 9.59 Å². The van der Waals surface area contributed by atoms with Crippen molar-refractivity contribution in [2.45, 2.75) is 52.6 Å². The van der Waals surface area contributed by atoms with Gasteiger partial charge in [-0.2, -0.15) is 0 Å². The van der Waals surface area contributed by atoms with Crippen molar-refractivity contribution in [3.8, 4) is 11.5 Å². The van der Waals surface area contributed by atoms with Gasteiger partial charge >= 0.3 is 0 Å². The van der Waals surface area contributed by atoms with Gasteiger partial charge in [0.25, 0.3) is 11.7 Å². The molecule has 1 heterocycles. The van der Waals surface area contributed by atoms with Crippen LogP contribution in [0.3, 0.4) is 0 Å². The Hall–Kier alpha value is -4.06. The molecule has 0 radical (unpaired) electrons. The summed E-state index contributed by atoms with van der Waals surface area (Å²) in [5.41, 5.74) is 3.67. The average Bonchev–Trinajstić information content (AvgIpc) is 3.13. The van der Waals surface area contributed by atoms with Crippen LogP contribution >= 0.6 is 0 Å². The molecule has 6 nitrogen and oxygen atoms in total. The molecule has 0 aliphatic carbocycles. The molecule has 1 aliphatic heterocycles. The lowest BCUT2D eigenvalue weighted by molar-refractivity contribution is -0.140.